The van der Waals surface area contributed by atoms with Gasteiger partial charge in [0, 0.05) is 13.1 Å². The largest absolute Gasteiger partial charge is 0.371 e. The number of aryl methyl sites for hydroxylation is 1. The first-order valence-electron chi connectivity index (χ1n) is 6.16. The number of hydrogen-bond acceptors (Lipinski definition) is 4. The molecule has 1 fully saturated rings. The van der Waals surface area contributed by atoms with Crippen LogP contribution in [0.2, 0.25) is 0 Å². The predicted molar refractivity (Wildman–Crippen MR) is 68.2 cm³/mol. The van der Waals surface area contributed by atoms with Gasteiger partial charge in [0.25, 0.3) is 0 Å². The molecule has 0 radical (unpaired) electrons. The van der Waals surface area contributed by atoms with E-state index in [0.717, 1.165) is 30.9 Å². The molecule has 4 nitrogen and oxygen atoms in total. The molecule has 2 rings (SSSR count). The number of rotatable bonds is 2. The average molecular weight is 235 g/mol. The van der Waals surface area contributed by atoms with Gasteiger partial charge in [-0.3, -0.25) is 0 Å². The second-order valence-corrected chi connectivity index (χ2v) is 5.68. The fourth-order valence-electron chi connectivity index (χ4n) is 2.14. The summed E-state index contributed by atoms with van der Waals surface area (Å²) in [6, 6.07) is 2.08. The number of anilines is 1. The van der Waals surface area contributed by atoms with Gasteiger partial charge in [-0.2, -0.15) is 5.10 Å². The van der Waals surface area contributed by atoms with Gasteiger partial charge in [-0.25, -0.2) is 0 Å². The Balaban J connectivity index is 1.98. The molecule has 1 aromatic heterocycles. The van der Waals surface area contributed by atoms with Gasteiger partial charge in [-0.1, -0.05) is 0 Å². The lowest BCUT2D eigenvalue weighted by Gasteiger charge is -2.25. The van der Waals surface area contributed by atoms with Crippen molar-refractivity contribution < 1.29 is 4.74 Å². The smallest absolute Gasteiger partial charge is 0.151 e. The molecule has 0 aliphatic carbocycles. The lowest BCUT2D eigenvalue weighted by atomic mass is 10.2. The van der Waals surface area contributed by atoms with E-state index in [2.05, 4.69) is 41.9 Å². The maximum Gasteiger partial charge on any atom is 0.151 e. The fourth-order valence-corrected chi connectivity index (χ4v) is 2.14. The van der Waals surface area contributed by atoms with Crippen LogP contribution in [0.1, 0.15) is 32.8 Å². The summed E-state index contributed by atoms with van der Waals surface area (Å²) in [4.78, 5) is 2.25. The Morgan fingerprint density at radius 2 is 2.18 bits per heavy atom. The monoisotopic (exact) mass is 235 g/mol. The standard InChI is InChI=1S/C13H21N3O/c1-10-7-12(15-14-8-10)16-6-5-11(9-16)17-13(2,3)4/h7-8,11H,5-6,9H2,1-4H3. The molecule has 94 valence electrons. The fraction of sp³-hybridized carbons (Fsp3) is 0.692. The van der Waals surface area contributed by atoms with E-state index in [1.165, 1.54) is 0 Å². The van der Waals surface area contributed by atoms with Crippen LogP contribution in [0.4, 0.5) is 5.82 Å². The van der Waals surface area contributed by atoms with Crippen molar-refractivity contribution in [1.82, 2.24) is 10.2 Å². The maximum atomic E-state index is 5.99. The molecule has 0 bridgehead atoms. The van der Waals surface area contributed by atoms with E-state index in [1.54, 1.807) is 6.20 Å². The zero-order valence-electron chi connectivity index (χ0n) is 11.1. The normalized spacial score (nSPS) is 20.9. The molecule has 17 heavy (non-hydrogen) atoms. The highest BCUT2D eigenvalue weighted by Gasteiger charge is 2.27. The number of hydrogen-bond donors (Lipinski definition) is 0. The third kappa shape index (κ3) is 3.40. The SMILES string of the molecule is Cc1cnnc(N2CCC(OC(C)(C)C)C2)c1. The number of aromatic nitrogens is 2. The van der Waals surface area contributed by atoms with E-state index in [4.69, 9.17) is 4.74 Å². The third-order valence-electron chi connectivity index (χ3n) is 2.77. The molecule has 4 heteroatoms. The highest BCUT2D eigenvalue weighted by Crippen LogP contribution is 2.23. The van der Waals surface area contributed by atoms with Gasteiger partial charge >= 0.3 is 0 Å². The summed E-state index contributed by atoms with van der Waals surface area (Å²) in [5, 5.41) is 8.17. The Bertz CT molecular complexity index is 386. The van der Waals surface area contributed by atoms with Crippen LogP contribution in [0.3, 0.4) is 0 Å². The molecule has 1 unspecified atom stereocenters. The van der Waals surface area contributed by atoms with E-state index in [9.17, 15) is 0 Å². The number of nitrogens with zero attached hydrogens (tertiary/aromatic N) is 3. The summed E-state index contributed by atoms with van der Waals surface area (Å²) < 4.78 is 5.99. The first-order valence-corrected chi connectivity index (χ1v) is 6.16. The summed E-state index contributed by atoms with van der Waals surface area (Å²) >= 11 is 0. The van der Waals surface area contributed by atoms with Crippen LogP contribution in [-0.2, 0) is 4.74 Å². The minimum absolute atomic E-state index is 0.0705. The Labute approximate surface area is 103 Å². The molecule has 1 atom stereocenters. The van der Waals surface area contributed by atoms with Gasteiger partial charge in [0.05, 0.1) is 17.9 Å². The Hall–Kier alpha value is -1.16. The highest BCUT2D eigenvalue weighted by atomic mass is 16.5. The zero-order valence-corrected chi connectivity index (χ0v) is 11.1. The first kappa shape index (κ1) is 12.3. The van der Waals surface area contributed by atoms with E-state index < -0.39 is 0 Å². The molecule has 1 saturated heterocycles. The molecular weight excluding hydrogens is 214 g/mol. The molecule has 2 heterocycles. The van der Waals surface area contributed by atoms with Crippen LogP contribution >= 0.6 is 0 Å². The molecule has 1 aliphatic rings. The molecule has 0 N–H and O–H groups in total. The van der Waals surface area contributed by atoms with E-state index in [1.807, 2.05) is 6.92 Å². The minimum Gasteiger partial charge on any atom is -0.371 e. The van der Waals surface area contributed by atoms with Gasteiger partial charge in [0.1, 0.15) is 0 Å². The van der Waals surface area contributed by atoms with Crippen molar-refractivity contribution in [3.63, 3.8) is 0 Å². The summed E-state index contributed by atoms with van der Waals surface area (Å²) in [5.41, 5.74) is 1.08. The summed E-state index contributed by atoms with van der Waals surface area (Å²) in [6.45, 7) is 10.2. The topological polar surface area (TPSA) is 38.2 Å². The average Bonchev–Trinajstić information content (AvgIpc) is 2.63. The zero-order chi connectivity index (χ0) is 12.5. The minimum atomic E-state index is -0.0705. The number of ether oxygens (including phenoxy) is 1. The van der Waals surface area contributed by atoms with E-state index in [0.29, 0.717) is 6.10 Å². The van der Waals surface area contributed by atoms with E-state index >= 15 is 0 Å². The van der Waals surface area contributed by atoms with Crippen molar-refractivity contribution in [1.29, 1.82) is 0 Å². The van der Waals surface area contributed by atoms with Crippen LogP contribution < -0.4 is 4.90 Å². The summed E-state index contributed by atoms with van der Waals surface area (Å²) in [6.07, 6.45) is 3.15. The molecular formula is C13H21N3O. The van der Waals surface area contributed by atoms with Crippen LogP contribution in [0.25, 0.3) is 0 Å². The quantitative estimate of drug-likeness (QED) is 0.787. The molecule has 0 spiro atoms. The third-order valence-corrected chi connectivity index (χ3v) is 2.77. The van der Waals surface area contributed by atoms with Crippen molar-refractivity contribution in [2.45, 2.75) is 45.8 Å². The Kier molecular flexibility index (Phi) is 3.33. The lowest BCUT2D eigenvalue weighted by Crippen LogP contribution is -2.30. The van der Waals surface area contributed by atoms with Gasteiger partial charge < -0.3 is 9.64 Å². The summed E-state index contributed by atoms with van der Waals surface area (Å²) in [5.74, 6) is 0.963. The van der Waals surface area contributed by atoms with E-state index in [-0.39, 0.29) is 5.60 Å². The van der Waals surface area contributed by atoms with Crippen LogP contribution in [0, 0.1) is 6.92 Å². The molecule has 0 amide bonds. The van der Waals surface area contributed by atoms with Crippen molar-refractivity contribution in [3.05, 3.63) is 17.8 Å². The molecule has 0 aromatic carbocycles. The lowest BCUT2D eigenvalue weighted by molar-refractivity contribution is -0.0492. The second-order valence-electron chi connectivity index (χ2n) is 5.68. The molecule has 0 saturated carbocycles. The second kappa shape index (κ2) is 4.61. The van der Waals surface area contributed by atoms with Gasteiger partial charge in [-0.15, -0.1) is 5.10 Å². The van der Waals surface area contributed by atoms with Crippen LogP contribution in [0.5, 0.6) is 0 Å². The Morgan fingerprint density at radius 1 is 1.41 bits per heavy atom. The Morgan fingerprint density at radius 3 is 2.82 bits per heavy atom. The van der Waals surface area contributed by atoms with Gasteiger partial charge in [-0.05, 0) is 45.7 Å². The van der Waals surface area contributed by atoms with Gasteiger partial charge in [0.2, 0.25) is 0 Å². The van der Waals surface area contributed by atoms with Crippen molar-refractivity contribution >= 4 is 5.82 Å². The van der Waals surface area contributed by atoms with Crippen LogP contribution in [-0.4, -0.2) is 35.0 Å². The van der Waals surface area contributed by atoms with Crippen molar-refractivity contribution in [2.24, 2.45) is 0 Å². The van der Waals surface area contributed by atoms with Crippen LogP contribution in [0.15, 0.2) is 12.3 Å². The highest BCUT2D eigenvalue weighted by molar-refractivity contribution is 5.40. The van der Waals surface area contributed by atoms with Crippen molar-refractivity contribution in [2.75, 3.05) is 18.0 Å². The molecule has 1 aromatic rings. The van der Waals surface area contributed by atoms with Gasteiger partial charge in [0.15, 0.2) is 5.82 Å². The summed E-state index contributed by atoms with van der Waals surface area (Å²) in [7, 11) is 0. The maximum absolute atomic E-state index is 5.99. The first-order chi connectivity index (χ1) is 7.94. The predicted octanol–water partition coefficient (Wildman–Crippen LogP) is 2.18. The van der Waals surface area contributed by atoms with Crippen molar-refractivity contribution in [3.8, 4) is 0 Å². The molecule has 1 aliphatic heterocycles.